The Hall–Kier alpha value is -1.03. The van der Waals surface area contributed by atoms with Crippen molar-refractivity contribution < 1.29 is 0 Å². The first-order valence-corrected chi connectivity index (χ1v) is 5.93. The van der Waals surface area contributed by atoms with Crippen molar-refractivity contribution in [3.05, 3.63) is 22.7 Å². The predicted octanol–water partition coefficient (Wildman–Crippen LogP) is 2.91. The maximum absolute atomic E-state index is 4.51. The van der Waals surface area contributed by atoms with Gasteiger partial charge < -0.3 is 5.32 Å². The highest BCUT2D eigenvalue weighted by atomic mass is 79.9. The van der Waals surface area contributed by atoms with Gasteiger partial charge in [-0.3, -0.25) is 4.68 Å². The van der Waals surface area contributed by atoms with Crippen LogP contribution in [0.25, 0.3) is 10.9 Å². The quantitative estimate of drug-likeness (QED) is 0.905. The van der Waals surface area contributed by atoms with Crippen molar-refractivity contribution in [2.45, 2.75) is 18.9 Å². The molecule has 2 aromatic rings. The van der Waals surface area contributed by atoms with Crippen molar-refractivity contribution in [2.24, 2.45) is 7.05 Å². The highest BCUT2D eigenvalue weighted by molar-refractivity contribution is 9.10. The van der Waals surface area contributed by atoms with Gasteiger partial charge in [0.25, 0.3) is 0 Å². The highest BCUT2D eigenvalue weighted by Crippen LogP contribution is 2.33. The van der Waals surface area contributed by atoms with Crippen molar-refractivity contribution >= 4 is 32.7 Å². The summed E-state index contributed by atoms with van der Waals surface area (Å²) in [7, 11) is 1.98. The lowest BCUT2D eigenvalue weighted by Crippen LogP contribution is -2.02. The van der Waals surface area contributed by atoms with E-state index in [9.17, 15) is 0 Å². The van der Waals surface area contributed by atoms with Crippen LogP contribution >= 0.6 is 15.9 Å². The predicted molar refractivity (Wildman–Crippen MR) is 65.1 cm³/mol. The van der Waals surface area contributed by atoms with Crippen molar-refractivity contribution in [3.8, 4) is 0 Å². The van der Waals surface area contributed by atoms with Gasteiger partial charge in [0.15, 0.2) is 5.82 Å². The van der Waals surface area contributed by atoms with Crippen molar-refractivity contribution in [2.75, 3.05) is 5.32 Å². The van der Waals surface area contributed by atoms with Crippen LogP contribution in [0.1, 0.15) is 12.8 Å². The largest absolute Gasteiger partial charge is 0.365 e. The molecule has 1 aliphatic rings. The Morgan fingerprint density at radius 1 is 1.47 bits per heavy atom. The van der Waals surface area contributed by atoms with Crippen LogP contribution in [0.4, 0.5) is 5.82 Å². The maximum Gasteiger partial charge on any atom is 0.157 e. The number of hydrogen-bond acceptors (Lipinski definition) is 2. The fourth-order valence-electron chi connectivity index (χ4n) is 1.79. The van der Waals surface area contributed by atoms with E-state index in [1.165, 1.54) is 18.2 Å². The number of halogens is 1. The zero-order valence-corrected chi connectivity index (χ0v) is 10.1. The van der Waals surface area contributed by atoms with E-state index in [2.05, 4.69) is 38.5 Å². The molecule has 0 saturated heterocycles. The van der Waals surface area contributed by atoms with E-state index < -0.39 is 0 Å². The number of rotatable bonds is 2. The lowest BCUT2D eigenvalue weighted by atomic mass is 10.2. The van der Waals surface area contributed by atoms with E-state index in [-0.39, 0.29) is 0 Å². The molecule has 0 radical (unpaired) electrons. The van der Waals surface area contributed by atoms with Gasteiger partial charge in [-0.05, 0) is 40.9 Å². The molecule has 1 fully saturated rings. The number of hydrogen-bond donors (Lipinski definition) is 1. The fourth-order valence-corrected chi connectivity index (χ4v) is 2.34. The number of aromatic nitrogens is 2. The molecule has 0 spiro atoms. The molecular weight excluding hydrogens is 254 g/mol. The standard InChI is InChI=1S/C11H12BrN3/c1-15-9-4-2-3-8(12)10(9)11(14-15)13-7-5-6-7/h2-4,7H,5-6H2,1H3,(H,13,14). The van der Waals surface area contributed by atoms with Gasteiger partial charge in [0.05, 0.1) is 10.9 Å². The Balaban J connectivity index is 2.19. The van der Waals surface area contributed by atoms with Crippen LogP contribution in [0.5, 0.6) is 0 Å². The van der Waals surface area contributed by atoms with Crippen molar-refractivity contribution in [1.82, 2.24) is 9.78 Å². The molecule has 1 saturated carbocycles. The molecule has 3 nitrogen and oxygen atoms in total. The molecule has 0 amide bonds. The fraction of sp³-hybridized carbons (Fsp3) is 0.364. The molecule has 1 heterocycles. The number of fused-ring (bicyclic) bond motifs is 1. The van der Waals surface area contributed by atoms with Gasteiger partial charge in [-0.15, -0.1) is 0 Å². The Kier molecular flexibility index (Phi) is 1.99. The Bertz CT molecular complexity index is 514. The first-order chi connectivity index (χ1) is 7.25. The average Bonchev–Trinajstić information content (AvgIpc) is 2.94. The summed E-state index contributed by atoms with van der Waals surface area (Å²) in [6.45, 7) is 0. The summed E-state index contributed by atoms with van der Waals surface area (Å²) >= 11 is 3.58. The van der Waals surface area contributed by atoms with Gasteiger partial charge in [-0.25, -0.2) is 0 Å². The van der Waals surface area contributed by atoms with Gasteiger partial charge in [0, 0.05) is 17.6 Å². The third kappa shape index (κ3) is 1.53. The molecule has 1 aliphatic carbocycles. The summed E-state index contributed by atoms with van der Waals surface area (Å²) in [5.41, 5.74) is 1.16. The molecule has 0 atom stereocenters. The lowest BCUT2D eigenvalue weighted by molar-refractivity contribution is 0.796. The zero-order valence-electron chi connectivity index (χ0n) is 8.50. The minimum Gasteiger partial charge on any atom is -0.365 e. The normalized spacial score (nSPS) is 15.9. The van der Waals surface area contributed by atoms with E-state index in [0.29, 0.717) is 6.04 Å². The molecule has 78 valence electrons. The summed E-state index contributed by atoms with van der Waals surface area (Å²) in [5, 5.41) is 9.15. The number of anilines is 1. The van der Waals surface area contributed by atoms with Crippen LogP contribution < -0.4 is 5.32 Å². The third-order valence-electron chi connectivity index (χ3n) is 2.75. The van der Waals surface area contributed by atoms with Crippen molar-refractivity contribution in [1.29, 1.82) is 0 Å². The Morgan fingerprint density at radius 3 is 3.00 bits per heavy atom. The molecule has 0 unspecified atom stereocenters. The van der Waals surface area contributed by atoms with Gasteiger partial charge in [0.2, 0.25) is 0 Å². The smallest absolute Gasteiger partial charge is 0.157 e. The molecular formula is C11H12BrN3. The summed E-state index contributed by atoms with van der Waals surface area (Å²) in [6.07, 6.45) is 2.53. The molecule has 0 aliphatic heterocycles. The van der Waals surface area contributed by atoms with Gasteiger partial charge in [0.1, 0.15) is 0 Å². The van der Waals surface area contributed by atoms with E-state index >= 15 is 0 Å². The number of nitrogens with zero attached hydrogens (tertiary/aromatic N) is 2. The molecule has 1 aromatic heterocycles. The topological polar surface area (TPSA) is 29.9 Å². The van der Waals surface area contributed by atoms with Gasteiger partial charge in [-0.1, -0.05) is 6.07 Å². The SMILES string of the molecule is Cn1nc(NC2CC2)c2c(Br)cccc21. The zero-order chi connectivity index (χ0) is 10.4. The second-order valence-electron chi connectivity index (χ2n) is 4.02. The van der Waals surface area contributed by atoms with Crippen LogP contribution in [0.3, 0.4) is 0 Å². The molecule has 3 rings (SSSR count). The van der Waals surface area contributed by atoms with Gasteiger partial charge in [-0.2, -0.15) is 5.10 Å². The maximum atomic E-state index is 4.51. The molecule has 4 heteroatoms. The summed E-state index contributed by atoms with van der Waals surface area (Å²) in [6, 6.07) is 6.82. The lowest BCUT2D eigenvalue weighted by Gasteiger charge is -2.00. The van der Waals surface area contributed by atoms with Crippen LogP contribution in [-0.4, -0.2) is 15.8 Å². The third-order valence-corrected chi connectivity index (χ3v) is 3.41. The van der Waals surface area contributed by atoms with E-state index in [0.717, 1.165) is 15.8 Å². The second kappa shape index (κ2) is 3.23. The van der Waals surface area contributed by atoms with Crippen molar-refractivity contribution in [3.63, 3.8) is 0 Å². The van der Waals surface area contributed by atoms with Gasteiger partial charge >= 0.3 is 0 Å². The Morgan fingerprint density at radius 2 is 2.27 bits per heavy atom. The van der Waals surface area contributed by atoms with E-state index in [1.807, 2.05) is 17.8 Å². The average molecular weight is 266 g/mol. The van der Waals surface area contributed by atoms with Crippen LogP contribution in [0.2, 0.25) is 0 Å². The summed E-state index contributed by atoms with van der Waals surface area (Å²) in [4.78, 5) is 0. The second-order valence-corrected chi connectivity index (χ2v) is 4.88. The summed E-state index contributed by atoms with van der Waals surface area (Å²) in [5.74, 6) is 1.00. The summed E-state index contributed by atoms with van der Waals surface area (Å²) < 4.78 is 3.03. The minimum absolute atomic E-state index is 0.634. The number of benzene rings is 1. The van der Waals surface area contributed by atoms with Crippen LogP contribution in [0, 0.1) is 0 Å². The first kappa shape index (κ1) is 9.21. The molecule has 0 bridgehead atoms. The molecule has 15 heavy (non-hydrogen) atoms. The number of aryl methyl sites for hydroxylation is 1. The first-order valence-electron chi connectivity index (χ1n) is 5.13. The minimum atomic E-state index is 0.634. The number of nitrogens with one attached hydrogen (secondary N) is 1. The monoisotopic (exact) mass is 265 g/mol. The molecule has 1 aromatic carbocycles. The van der Waals surface area contributed by atoms with E-state index in [1.54, 1.807) is 0 Å². The molecule has 1 N–H and O–H groups in total. The van der Waals surface area contributed by atoms with E-state index in [4.69, 9.17) is 0 Å². The highest BCUT2D eigenvalue weighted by Gasteiger charge is 2.23. The van der Waals surface area contributed by atoms with Crippen LogP contribution in [-0.2, 0) is 7.05 Å². The Labute approximate surface area is 96.6 Å². The van der Waals surface area contributed by atoms with Crippen LogP contribution in [0.15, 0.2) is 22.7 Å².